The van der Waals surface area contributed by atoms with E-state index in [2.05, 4.69) is 26.1 Å². The summed E-state index contributed by atoms with van der Waals surface area (Å²) >= 11 is 0. The van der Waals surface area contributed by atoms with Crippen molar-refractivity contribution in [3.05, 3.63) is 0 Å². The third-order valence-electron chi connectivity index (χ3n) is 5.07. The molecule has 0 spiro atoms. The van der Waals surface area contributed by atoms with Gasteiger partial charge in [0.15, 0.2) is 0 Å². The van der Waals surface area contributed by atoms with Gasteiger partial charge in [-0.3, -0.25) is 4.79 Å². The van der Waals surface area contributed by atoms with Gasteiger partial charge in [0.25, 0.3) is 0 Å². The van der Waals surface area contributed by atoms with Crippen LogP contribution in [-0.2, 0) is 9.53 Å². The Morgan fingerprint density at radius 1 is 1.26 bits per heavy atom. The molecular formula is C16H31NO2. The van der Waals surface area contributed by atoms with E-state index in [0.717, 1.165) is 12.3 Å². The normalized spacial score (nSPS) is 25.9. The maximum atomic E-state index is 11.6. The highest BCUT2D eigenvalue weighted by molar-refractivity contribution is 5.75. The van der Waals surface area contributed by atoms with E-state index >= 15 is 0 Å². The van der Waals surface area contributed by atoms with Gasteiger partial charge in [0.1, 0.15) is 6.04 Å². The summed E-state index contributed by atoms with van der Waals surface area (Å²) in [5.41, 5.74) is 0.456. The van der Waals surface area contributed by atoms with E-state index in [-0.39, 0.29) is 12.0 Å². The summed E-state index contributed by atoms with van der Waals surface area (Å²) in [7, 11) is 1.47. The van der Waals surface area contributed by atoms with Crippen molar-refractivity contribution in [2.45, 2.75) is 78.3 Å². The lowest BCUT2D eigenvalue weighted by Gasteiger charge is -2.39. The van der Waals surface area contributed by atoms with Crippen LogP contribution in [0.1, 0.15) is 66.2 Å². The first-order valence-corrected chi connectivity index (χ1v) is 7.78. The van der Waals surface area contributed by atoms with Gasteiger partial charge in [-0.05, 0) is 43.4 Å². The van der Waals surface area contributed by atoms with Crippen LogP contribution >= 0.6 is 0 Å². The Labute approximate surface area is 118 Å². The van der Waals surface area contributed by atoms with Crippen molar-refractivity contribution in [3.8, 4) is 0 Å². The molecule has 1 rings (SSSR count). The molecule has 1 atom stereocenters. The second-order valence-electron chi connectivity index (χ2n) is 6.54. The molecule has 1 N–H and O–H groups in total. The van der Waals surface area contributed by atoms with E-state index in [9.17, 15) is 4.79 Å². The molecule has 0 radical (unpaired) electrons. The molecule has 1 aliphatic carbocycles. The van der Waals surface area contributed by atoms with E-state index in [1.807, 2.05) is 6.92 Å². The van der Waals surface area contributed by atoms with Gasteiger partial charge < -0.3 is 10.1 Å². The third kappa shape index (κ3) is 4.48. The summed E-state index contributed by atoms with van der Waals surface area (Å²) in [5.74, 6) is 0.701. The maximum absolute atomic E-state index is 11.6. The molecule has 3 heteroatoms. The number of hydrogen-bond acceptors (Lipinski definition) is 3. The Hall–Kier alpha value is -0.570. The molecular weight excluding hydrogens is 238 g/mol. The highest BCUT2D eigenvalue weighted by Crippen LogP contribution is 2.40. The van der Waals surface area contributed by atoms with Gasteiger partial charge in [0, 0.05) is 6.04 Å². The van der Waals surface area contributed by atoms with Crippen molar-refractivity contribution < 1.29 is 9.53 Å². The van der Waals surface area contributed by atoms with Crippen LogP contribution in [0, 0.1) is 11.3 Å². The third-order valence-corrected chi connectivity index (χ3v) is 5.07. The molecule has 0 aliphatic heterocycles. The van der Waals surface area contributed by atoms with Gasteiger partial charge in [-0.15, -0.1) is 0 Å². The van der Waals surface area contributed by atoms with Gasteiger partial charge in [-0.2, -0.15) is 0 Å². The summed E-state index contributed by atoms with van der Waals surface area (Å²) in [6.45, 7) is 9.08. The molecule has 0 amide bonds. The van der Waals surface area contributed by atoms with Crippen LogP contribution in [-0.4, -0.2) is 25.2 Å². The van der Waals surface area contributed by atoms with Crippen molar-refractivity contribution in [1.82, 2.24) is 5.32 Å². The largest absolute Gasteiger partial charge is 0.468 e. The predicted molar refractivity (Wildman–Crippen MR) is 79.0 cm³/mol. The zero-order valence-electron chi connectivity index (χ0n) is 13.3. The molecule has 0 heterocycles. The SMILES string of the molecule is CCC(NC1CCC(C(C)(C)CC)CC1)C(=O)OC. The first-order chi connectivity index (χ1) is 8.94. The topological polar surface area (TPSA) is 38.3 Å². The van der Waals surface area contributed by atoms with Gasteiger partial charge in [-0.1, -0.05) is 34.1 Å². The molecule has 1 aliphatic rings. The number of hydrogen-bond donors (Lipinski definition) is 1. The minimum absolute atomic E-state index is 0.126. The molecule has 19 heavy (non-hydrogen) atoms. The zero-order valence-corrected chi connectivity index (χ0v) is 13.3. The number of methoxy groups -OCH3 is 1. The highest BCUT2D eigenvalue weighted by Gasteiger charge is 2.32. The molecule has 0 aromatic heterocycles. The van der Waals surface area contributed by atoms with E-state index in [0.29, 0.717) is 11.5 Å². The van der Waals surface area contributed by atoms with Crippen LogP contribution in [0.4, 0.5) is 0 Å². The molecule has 3 nitrogen and oxygen atoms in total. The van der Waals surface area contributed by atoms with Crippen molar-refractivity contribution in [2.75, 3.05) is 7.11 Å². The van der Waals surface area contributed by atoms with E-state index < -0.39 is 0 Å². The zero-order chi connectivity index (χ0) is 14.5. The molecule has 0 aromatic carbocycles. The van der Waals surface area contributed by atoms with Crippen LogP contribution in [0.3, 0.4) is 0 Å². The molecule has 0 saturated heterocycles. The molecule has 0 aromatic rings. The number of rotatable bonds is 6. The fourth-order valence-corrected chi connectivity index (χ4v) is 3.11. The minimum atomic E-state index is -0.134. The Kier molecular flexibility index (Phi) is 6.31. The average Bonchev–Trinajstić information content (AvgIpc) is 2.44. The number of esters is 1. The fourth-order valence-electron chi connectivity index (χ4n) is 3.11. The van der Waals surface area contributed by atoms with Crippen LogP contribution < -0.4 is 5.32 Å². The first-order valence-electron chi connectivity index (χ1n) is 7.78. The second-order valence-corrected chi connectivity index (χ2v) is 6.54. The lowest BCUT2D eigenvalue weighted by Crippen LogP contribution is -2.45. The van der Waals surface area contributed by atoms with E-state index in [4.69, 9.17) is 4.74 Å². The van der Waals surface area contributed by atoms with E-state index in [1.165, 1.54) is 39.2 Å². The van der Waals surface area contributed by atoms with Crippen molar-refractivity contribution >= 4 is 5.97 Å². The average molecular weight is 269 g/mol. The Morgan fingerprint density at radius 3 is 2.26 bits per heavy atom. The van der Waals surface area contributed by atoms with Crippen LogP contribution in [0.2, 0.25) is 0 Å². The van der Waals surface area contributed by atoms with E-state index in [1.54, 1.807) is 0 Å². The lowest BCUT2D eigenvalue weighted by molar-refractivity contribution is -0.143. The van der Waals surface area contributed by atoms with Crippen molar-refractivity contribution in [2.24, 2.45) is 11.3 Å². The van der Waals surface area contributed by atoms with Gasteiger partial charge >= 0.3 is 5.97 Å². The van der Waals surface area contributed by atoms with Crippen molar-refractivity contribution in [1.29, 1.82) is 0 Å². The quantitative estimate of drug-likeness (QED) is 0.750. The van der Waals surface area contributed by atoms with Crippen LogP contribution in [0.15, 0.2) is 0 Å². The van der Waals surface area contributed by atoms with Crippen LogP contribution in [0.5, 0.6) is 0 Å². The smallest absolute Gasteiger partial charge is 0.322 e. The maximum Gasteiger partial charge on any atom is 0.322 e. The van der Waals surface area contributed by atoms with Gasteiger partial charge in [-0.25, -0.2) is 0 Å². The van der Waals surface area contributed by atoms with Crippen molar-refractivity contribution in [3.63, 3.8) is 0 Å². The molecule has 112 valence electrons. The Bertz CT molecular complexity index is 280. The molecule has 1 fully saturated rings. The summed E-state index contributed by atoms with van der Waals surface area (Å²) in [6.07, 6.45) is 6.96. The minimum Gasteiger partial charge on any atom is -0.468 e. The van der Waals surface area contributed by atoms with Gasteiger partial charge in [0.2, 0.25) is 0 Å². The molecule has 1 saturated carbocycles. The molecule has 0 bridgehead atoms. The highest BCUT2D eigenvalue weighted by atomic mass is 16.5. The number of carbonyl (C=O) groups excluding carboxylic acids is 1. The first kappa shape index (κ1) is 16.5. The van der Waals surface area contributed by atoms with Crippen LogP contribution in [0.25, 0.3) is 0 Å². The number of ether oxygens (including phenoxy) is 1. The Balaban J connectivity index is 2.44. The monoisotopic (exact) mass is 269 g/mol. The summed E-state index contributed by atoms with van der Waals surface area (Å²) in [4.78, 5) is 11.6. The standard InChI is InChI=1S/C16H31NO2/c1-6-14(15(18)19-5)17-13-10-8-12(9-11-13)16(3,4)7-2/h12-14,17H,6-11H2,1-5H3. The fraction of sp³-hybridized carbons (Fsp3) is 0.938. The lowest BCUT2D eigenvalue weighted by atomic mass is 9.69. The summed E-state index contributed by atoms with van der Waals surface area (Å²) in [6, 6.07) is 0.346. The molecule has 1 unspecified atom stereocenters. The predicted octanol–water partition coefficient (Wildman–Crippen LogP) is 3.52. The summed E-state index contributed by atoms with van der Waals surface area (Å²) < 4.78 is 4.84. The number of carbonyl (C=O) groups is 1. The number of nitrogens with one attached hydrogen (secondary N) is 1. The second kappa shape index (κ2) is 7.28. The Morgan fingerprint density at radius 2 is 1.84 bits per heavy atom. The summed E-state index contributed by atoms with van der Waals surface area (Å²) in [5, 5.41) is 3.47. The van der Waals surface area contributed by atoms with Gasteiger partial charge in [0.05, 0.1) is 7.11 Å².